The van der Waals surface area contributed by atoms with Gasteiger partial charge in [-0.25, -0.2) is 0 Å². The van der Waals surface area contributed by atoms with E-state index in [-0.39, 0.29) is 22.8 Å². The molecule has 0 unspecified atom stereocenters. The van der Waals surface area contributed by atoms with Gasteiger partial charge in [-0.05, 0) is 85.5 Å². The average molecular weight is 497 g/mol. The van der Waals surface area contributed by atoms with E-state index in [2.05, 4.69) is 66.5 Å². The zero-order valence-corrected chi connectivity index (χ0v) is 21.5. The van der Waals surface area contributed by atoms with Crippen molar-refractivity contribution in [2.45, 2.75) is 26.2 Å². The maximum atomic E-state index is 9.72. The minimum Gasteiger partial charge on any atom is -0.508 e. The minimum absolute atomic E-state index is 0. The summed E-state index contributed by atoms with van der Waals surface area (Å²) in [5, 5.41) is 9.72. The van der Waals surface area contributed by atoms with E-state index in [4.69, 9.17) is 4.74 Å². The zero-order valence-electron chi connectivity index (χ0n) is 20.4. The number of nitrogens with zero attached hydrogens (tertiary/aromatic N) is 1. The van der Waals surface area contributed by atoms with Crippen molar-refractivity contribution in [2.24, 2.45) is 0 Å². The molecule has 2 aliphatic carbocycles. The third-order valence-electron chi connectivity index (χ3n) is 5.54. The van der Waals surface area contributed by atoms with E-state index in [9.17, 15) is 5.11 Å². The van der Waals surface area contributed by atoms with Crippen LogP contribution < -0.4 is 4.74 Å². The van der Waals surface area contributed by atoms with E-state index < -0.39 is 0 Å². The van der Waals surface area contributed by atoms with Crippen LogP contribution in [0.1, 0.15) is 37.3 Å². The zero-order chi connectivity index (χ0) is 23.5. The third-order valence-corrected chi connectivity index (χ3v) is 5.54. The maximum Gasteiger partial charge on any atom is 0.119 e. The molecule has 1 N–H and O–H groups in total. The summed E-state index contributed by atoms with van der Waals surface area (Å²) in [7, 11) is 4.08. The van der Waals surface area contributed by atoms with Gasteiger partial charge in [-0.15, -0.1) is 0 Å². The van der Waals surface area contributed by atoms with Crippen LogP contribution in [-0.4, -0.2) is 37.3 Å². The van der Waals surface area contributed by atoms with Crippen LogP contribution in [0.3, 0.4) is 0 Å². The molecule has 180 valence electrons. The van der Waals surface area contributed by atoms with E-state index in [1.807, 2.05) is 38.4 Å². The fourth-order valence-electron chi connectivity index (χ4n) is 3.81. The Hall–Kier alpha value is -2.78. The molecule has 4 rings (SSSR count). The molecule has 0 fully saturated rings. The number of benzene rings is 2. The monoisotopic (exact) mass is 497 g/mol. The van der Waals surface area contributed by atoms with Crippen LogP contribution in [0.25, 0.3) is 5.57 Å². The summed E-state index contributed by atoms with van der Waals surface area (Å²) in [6.45, 7) is 3.76. The van der Waals surface area contributed by atoms with Gasteiger partial charge in [-0.3, -0.25) is 0 Å². The number of hydrogen-bond acceptors (Lipinski definition) is 3. The van der Waals surface area contributed by atoms with E-state index in [1.54, 1.807) is 12.1 Å². The number of aromatic hydroxyl groups is 1. The molecule has 2 aromatic carbocycles. The van der Waals surface area contributed by atoms with Crippen LogP contribution in [0.4, 0.5) is 0 Å². The summed E-state index contributed by atoms with van der Waals surface area (Å²) < 4.78 is 5.85. The van der Waals surface area contributed by atoms with Crippen LogP contribution >= 0.6 is 0 Å². The second kappa shape index (κ2) is 14.5. The Balaban J connectivity index is 0.000000603. The van der Waals surface area contributed by atoms with E-state index >= 15 is 0 Å². The van der Waals surface area contributed by atoms with Crippen molar-refractivity contribution in [3.8, 4) is 11.5 Å². The molecule has 0 atom stereocenters. The van der Waals surface area contributed by atoms with Crippen molar-refractivity contribution < 1.29 is 26.9 Å². The van der Waals surface area contributed by atoms with Crippen molar-refractivity contribution in [1.29, 1.82) is 0 Å². The largest absolute Gasteiger partial charge is 0.508 e. The molecule has 0 heterocycles. The summed E-state index contributed by atoms with van der Waals surface area (Å²) in [6, 6.07) is 15.8. The van der Waals surface area contributed by atoms with Crippen LogP contribution in [0.15, 0.2) is 102 Å². The van der Waals surface area contributed by atoms with Gasteiger partial charge in [-0.1, -0.05) is 73.7 Å². The predicted octanol–water partition coefficient (Wildman–Crippen LogP) is 6.93. The number of ether oxygens (including phenoxy) is 1. The van der Waals surface area contributed by atoms with Crippen molar-refractivity contribution in [2.75, 3.05) is 27.2 Å². The van der Waals surface area contributed by atoms with Gasteiger partial charge < -0.3 is 14.7 Å². The van der Waals surface area contributed by atoms with Crippen LogP contribution in [0.5, 0.6) is 11.5 Å². The van der Waals surface area contributed by atoms with Crippen LogP contribution in [-0.2, 0) is 17.1 Å². The summed E-state index contributed by atoms with van der Waals surface area (Å²) >= 11 is 0. The Labute approximate surface area is 215 Å². The number of phenolic OH excluding ortho intramolecular Hbond substituents is 1. The molecule has 4 heteroatoms. The second-order valence-corrected chi connectivity index (χ2v) is 8.32. The van der Waals surface area contributed by atoms with Gasteiger partial charge in [0.15, 0.2) is 0 Å². The minimum atomic E-state index is 0. The molecule has 0 amide bonds. The molecule has 2 aromatic rings. The van der Waals surface area contributed by atoms with Gasteiger partial charge in [0.2, 0.25) is 0 Å². The predicted molar refractivity (Wildman–Crippen MR) is 140 cm³/mol. The second-order valence-electron chi connectivity index (χ2n) is 8.32. The fourth-order valence-corrected chi connectivity index (χ4v) is 3.81. The fraction of sp³-hybridized carbons (Fsp3) is 0.267. The summed E-state index contributed by atoms with van der Waals surface area (Å²) in [5.41, 5.74) is 6.08. The molecule has 0 saturated carbocycles. The Morgan fingerprint density at radius 1 is 0.882 bits per heavy atom. The third kappa shape index (κ3) is 8.22. The molecule has 3 nitrogen and oxygen atoms in total. The molecule has 34 heavy (non-hydrogen) atoms. The first-order valence-electron chi connectivity index (χ1n) is 11.7. The molecule has 2 aliphatic rings. The molecule has 0 aromatic heterocycles. The molecular weight excluding hydrogens is 462 g/mol. The SMILES string of the molecule is C1=CCC=C1.CC/C(C1=CCC=C1)=C(\c1ccc(O)cc1)c1ccc(OCCN(C)C)cc1.[Fe]. The molecule has 0 aliphatic heterocycles. The van der Waals surface area contributed by atoms with Crippen molar-refractivity contribution in [3.05, 3.63) is 113 Å². The number of allylic oxidation sites excluding steroid dienone is 9. The molecule has 0 saturated heterocycles. The quantitative estimate of drug-likeness (QED) is 0.402. The van der Waals surface area contributed by atoms with E-state index in [0.29, 0.717) is 6.61 Å². The molecule has 0 bridgehead atoms. The topological polar surface area (TPSA) is 32.7 Å². The molecular formula is C30H35FeNO2. The summed E-state index contributed by atoms with van der Waals surface area (Å²) in [6.07, 6.45) is 18.1. The standard InChI is InChI=1S/C25H29NO2.C5H6.Fe/c1-4-24(19-7-5-6-8-19)25(20-9-13-22(27)14-10-20)21-11-15-23(16-12-21)28-18-17-26(2)3;1-2-4-5-3-1;/h5,7-16,27H,4,6,17-18H2,1-3H3;1-4H,5H2;/b25-24-;;. The van der Waals surface area contributed by atoms with E-state index in [1.165, 1.54) is 16.7 Å². The number of hydrogen-bond donors (Lipinski definition) is 1. The first kappa shape index (κ1) is 27.5. The maximum absolute atomic E-state index is 9.72. The van der Waals surface area contributed by atoms with Crippen molar-refractivity contribution in [1.82, 2.24) is 4.90 Å². The number of likely N-dealkylation sites (N-methyl/N-ethyl adjacent to an activating group) is 1. The Kier molecular flexibility index (Phi) is 11.7. The normalized spacial score (nSPS) is 14.3. The van der Waals surface area contributed by atoms with Gasteiger partial charge in [-0.2, -0.15) is 0 Å². The van der Waals surface area contributed by atoms with Crippen LogP contribution in [0.2, 0.25) is 0 Å². The number of phenols is 1. The van der Waals surface area contributed by atoms with Gasteiger partial charge in [0.25, 0.3) is 0 Å². The van der Waals surface area contributed by atoms with Gasteiger partial charge >= 0.3 is 0 Å². The van der Waals surface area contributed by atoms with Gasteiger partial charge in [0.05, 0.1) is 0 Å². The van der Waals surface area contributed by atoms with Crippen molar-refractivity contribution in [3.63, 3.8) is 0 Å². The summed E-state index contributed by atoms with van der Waals surface area (Å²) in [5.74, 6) is 1.17. The Morgan fingerprint density at radius 3 is 1.97 bits per heavy atom. The molecule has 0 spiro atoms. The Bertz CT molecular complexity index is 1030. The summed E-state index contributed by atoms with van der Waals surface area (Å²) in [4.78, 5) is 2.11. The van der Waals surface area contributed by atoms with Gasteiger partial charge in [0.1, 0.15) is 18.1 Å². The number of rotatable bonds is 8. The first-order chi connectivity index (χ1) is 16.1. The van der Waals surface area contributed by atoms with Crippen LogP contribution in [0, 0.1) is 0 Å². The van der Waals surface area contributed by atoms with E-state index in [0.717, 1.165) is 42.7 Å². The average Bonchev–Trinajstić information content (AvgIpc) is 3.56. The Morgan fingerprint density at radius 2 is 1.50 bits per heavy atom. The molecule has 0 radical (unpaired) electrons. The first-order valence-corrected chi connectivity index (χ1v) is 11.7. The smallest absolute Gasteiger partial charge is 0.119 e. The van der Waals surface area contributed by atoms with Gasteiger partial charge in [0, 0.05) is 23.6 Å². The van der Waals surface area contributed by atoms with Crippen molar-refractivity contribution >= 4 is 5.57 Å².